The normalized spacial score (nSPS) is 38.2. The summed E-state index contributed by atoms with van der Waals surface area (Å²) in [6.07, 6.45) is 0.444. The van der Waals surface area contributed by atoms with Crippen LogP contribution in [0.5, 0.6) is 0 Å². The highest BCUT2D eigenvalue weighted by atomic mass is 16.3. The topological polar surface area (TPSA) is 66.6 Å². The Morgan fingerprint density at radius 1 is 1.75 bits per heavy atom. The molecule has 0 aromatic rings. The molecule has 0 amide bonds. The number of nitrogens with zero attached hydrogens (tertiary/aromatic N) is 1. The number of ketones is 1. The van der Waals surface area contributed by atoms with Crippen molar-refractivity contribution in [1.82, 2.24) is 4.90 Å². The number of nitrogens with two attached hydrogens (primary N) is 1. The van der Waals surface area contributed by atoms with E-state index in [0.717, 1.165) is 6.54 Å². The number of hydrogen-bond acceptors (Lipinski definition) is 4. The molecule has 2 unspecified atom stereocenters. The molecule has 0 bridgehead atoms. The van der Waals surface area contributed by atoms with Crippen LogP contribution in [0.25, 0.3) is 0 Å². The second kappa shape index (κ2) is 3.12. The van der Waals surface area contributed by atoms with Gasteiger partial charge in [0.1, 0.15) is 5.60 Å². The molecule has 1 aliphatic rings. The van der Waals surface area contributed by atoms with E-state index in [0.29, 0.717) is 13.0 Å². The van der Waals surface area contributed by atoms with E-state index in [-0.39, 0.29) is 5.78 Å². The van der Waals surface area contributed by atoms with Gasteiger partial charge in [0.15, 0.2) is 5.78 Å². The van der Waals surface area contributed by atoms with Crippen molar-refractivity contribution in [3.05, 3.63) is 0 Å². The van der Waals surface area contributed by atoms with Crippen LogP contribution < -0.4 is 5.73 Å². The first-order valence-electron chi connectivity index (χ1n) is 4.14. The second-order valence-electron chi connectivity index (χ2n) is 3.60. The molecule has 3 N–H and O–H groups in total. The van der Waals surface area contributed by atoms with Gasteiger partial charge in [-0.05, 0) is 20.4 Å². The van der Waals surface area contributed by atoms with Gasteiger partial charge in [-0.3, -0.25) is 4.79 Å². The molecule has 0 aliphatic carbocycles. The lowest BCUT2D eigenvalue weighted by Gasteiger charge is -2.39. The largest absolute Gasteiger partial charge is 0.380 e. The summed E-state index contributed by atoms with van der Waals surface area (Å²) in [4.78, 5) is 13.1. The molecular weight excluding hydrogens is 156 g/mol. The number of hydrogen-bond donors (Lipinski definition) is 2. The van der Waals surface area contributed by atoms with Crippen LogP contribution in [0.4, 0.5) is 0 Å². The van der Waals surface area contributed by atoms with Crippen LogP contribution in [0.2, 0.25) is 0 Å². The van der Waals surface area contributed by atoms with Crippen LogP contribution in [-0.4, -0.2) is 47.6 Å². The maximum atomic E-state index is 11.1. The second-order valence-corrected chi connectivity index (χ2v) is 3.60. The van der Waals surface area contributed by atoms with Crippen LogP contribution in [0, 0.1) is 0 Å². The lowest BCUT2D eigenvalue weighted by molar-refractivity contribution is -0.141. The molecule has 1 saturated heterocycles. The summed E-state index contributed by atoms with van der Waals surface area (Å²) in [5.41, 5.74) is 4.41. The highest BCUT2D eigenvalue weighted by Gasteiger charge is 2.42. The molecule has 2 atom stereocenters. The molecule has 12 heavy (non-hydrogen) atoms. The summed E-state index contributed by atoms with van der Waals surface area (Å²) in [6.45, 7) is 2.70. The maximum Gasteiger partial charge on any atom is 0.162 e. The lowest BCUT2D eigenvalue weighted by Crippen LogP contribution is -2.62. The van der Waals surface area contributed by atoms with E-state index in [4.69, 9.17) is 5.73 Å². The fourth-order valence-corrected chi connectivity index (χ4v) is 1.56. The van der Waals surface area contributed by atoms with Crippen LogP contribution >= 0.6 is 0 Å². The van der Waals surface area contributed by atoms with E-state index < -0.39 is 11.6 Å². The molecular formula is C8H16N2O2. The first-order chi connectivity index (χ1) is 5.47. The van der Waals surface area contributed by atoms with Gasteiger partial charge in [0.25, 0.3) is 0 Å². The molecule has 1 fully saturated rings. The summed E-state index contributed by atoms with van der Waals surface area (Å²) < 4.78 is 0. The van der Waals surface area contributed by atoms with Crippen LogP contribution in [-0.2, 0) is 4.79 Å². The fourth-order valence-electron chi connectivity index (χ4n) is 1.56. The molecule has 0 spiro atoms. The monoisotopic (exact) mass is 172 g/mol. The van der Waals surface area contributed by atoms with Crippen molar-refractivity contribution in [2.24, 2.45) is 5.73 Å². The molecule has 1 heterocycles. The van der Waals surface area contributed by atoms with Gasteiger partial charge in [0.05, 0.1) is 6.04 Å². The molecule has 0 radical (unpaired) electrons. The Bertz CT molecular complexity index is 195. The van der Waals surface area contributed by atoms with Gasteiger partial charge in [-0.1, -0.05) is 0 Å². The molecule has 0 saturated carbocycles. The molecule has 1 aliphatic heterocycles. The average Bonchev–Trinajstić information content (AvgIpc) is 1.97. The Kier molecular flexibility index (Phi) is 2.51. The van der Waals surface area contributed by atoms with Crippen LogP contribution in [0.1, 0.15) is 13.3 Å². The Morgan fingerprint density at radius 2 is 2.33 bits per heavy atom. The highest BCUT2D eigenvalue weighted by molar-refractivity contribution is 5.85. The minimum atomic E-state index is -1.29. The van der Waals surface area contributed by atoms with Crippen LogP contribution in [0.15, 0.2) is 0 Å². The number of rotatable bonds is 1. The third-order valence-corrected chi connectivity index (χ3v) is 2.61. The molecule has 70 valence electrons. The Morgan fingerprint density at radius 3 is 2.75 bits per heavy atom. The zero-order valence-corrected chi connectivity index (χ0v) is 7.58. The standard InChI is InChI=1S/C8H16N2O2/c1-6(11)8(12)3-4-10(2)5-7(8)9/h7,12H,3-5,9H2,1-2H3. The maximum absolute atomic E-state index is 11.1. The number of Topliss-reactive ketones (excluding diaryl/α,β-unsaturated/α-hetero) is 1. The first kappa shape index (κ1) is 9.64. The van der Waals surface area contributed by atoms with Gasteiger partial charge in [0, 0.05) is 13.1 Å². The predicted octanol–water partition coefficient (Wildman–Crippen LogP) is -1.03. The SMILES string of the molecule is CC(=O)C1(O)CCN(C)CC1N. The van der Waals surface area contributed by atoms with E-state index in [1.807, 2.05) is 11.9 Å². The zero-order chi connectivity index (χ0) is 9.35. The average molecular weight is 172 g/mol. The Labute approximate surface area is 72.3 Å². The number of piperidine rings is 1. The van der Waals surface area contributed by atoms with E-state index in [9.17, 15) is 9.90 Å². The molecule has 1 rings (SSSR count). The number of likely N-dealkylation sites (N-methyl/N-ethyl adjacent to an activating group) is 1. The molecule has 0 aromatic heterocycles. The van der Waals surface area contributed by atoms with Crippen molar-refractivity contribution in [2.75, 3.05) is 20.1 Å². The number of carbonyl (C=O) groups excluding carboxylic acids is 1. The number of aliphatic hydroxyl groups is 1. The third-order valence-electron chi connectivity index (χ3n) is 2.61. The van der Waals surface area contributed by atoms with E-state index in [1.54, 1.807) is 0 Å². The van der Waals surface area contributed by atoms with Gasteiger partial charge in [-0.15, -0.1) is 0 Å². The van der Waals surface area contributed by atoms with Crippen molar-refractivity contribution in [2.45, 2.75) is 25.0 Å². The Hall–Kier alpha value is -0.450. The molecule has 4 heteroatoms. The van der Waals surface area contributed by atoms with Gasteiger partial charge >= 0.3 is 0 Å². The van der Waals surface area contributed by atoms with Crippen molar-refractivity contribution in [3.63, 3.8) is 0 Å². The predicted molar refractivity (Wildman–Crippen MR) is 45.7 cm³/mol. The summed E-state index contributed by atoms with van der Waals surface area (Å²) in [7, 11) is 1.93. The Balaban J connectivity index is 2.72. The van der Waals surface area contributed by atoms with E-state index in [1.165, 1.54) is 6.92 Å². The van der Waals surface area contributed by atoms with E-state index in [2.05, 4.69) is 0 Å². The number of carbonyl (C=O) groups is 1. The van der Waals surface area contributed by atoms with E-state index >= 15 is 0 Å². The van der Waals surface area contributed by atoms with Gasteiger partial charge in [-0.25, -0.2) is 0 Å². The molecule has 0 aromatic carbocycles. The van der Waals surface area contributed by atoms with Crippen molar-refractivity contribution in [3.8, 4) is 0 Å². The fraction of sp³-hybridized carbons (Fsp3) is 0.875. The quantitative estimate of drug-likeness (QED) is 0.530. The van der Waals surface area contributed by atoms with Crippen molar-refractivity contribution in [1.29, 1.82) is 0 Å². The minimum Gasteiger partial charge on any atom is -0.380 e. The van der Waals surface area contributed by atoms with Crippen LogP contribution in [0.3, 0.4) is 0 Å². The highest BCUT2D eigenvalue weighted by Crippen LogP contribution is 2.21. The smallest absolute Gasteiger partial charge is 0.162 e. The molecule has 4 nitrogen and oxygen atoms in total. The third kappa shape index (κ3) is 1.50. The van der Waals surface area contributed by atoms with Gasteiger partial charge in [0.2, 0.25) is 0 Å². The zero-order valence-electron chi connectivity index (χ0n) is 7.58. The first-order valence-corrected chi connectivity index (χ1v) is 4.14. The van der Waals surface area contributed by atoms with Gasteiger partial charge < -0.3 is 15.7 Å². The van der Waals surface area contributed by atoms with Crippen molar-refractivity contribution < 1.29 is 9.90 Å². The summed E-state index contributed by atoms with van der Waals surface area (Å²) in [5.74, 6) is -0.219. The van der Waals surface area contributed by atoms with Crippen molar-refractivity contribution >= 4 is 5.78 Å². The number of likely N-dealkylation sites (tertiary alicyclic amines) is 1. The summed E-state index contributed by atoms with van der Waals surface area (Å²) in [5, 5.41) is 9.83. The lowest BCUT2D eigenvalue weighted by atomic mass is 9.84. The minimum absolute atomic E-state index is 0.219. The summed E-state index contributed by atoms with van der Waals surface area (Å²) >= 11 is 0. The summed E-state index contributed by atoms with van der Waals surface area (Å²) in [6, 6.07) is -0.450. The van der Waals surface area contributed by atoms with Gasteiger partial charge in [-0.2, -0.15) is 0 Å².